The molecule has 0 fully saturated rings. The average molecular weight is 110 g/mol. The van der Waals surface area contributed by atoms with Gasteiger partial charge in [0.25, 0.3) is 0 Å². The Kier molecular flexibility index (Phi) is 2.12. The summed E-state index contributed by atoms with van der Waals surface area (Å²) in [4.78, 5) is 0. The standard InChI is InChI=1S/C2H7NO2S/c1-2-3-6(4)5/h6H,2H2,1H3,(H,3,4,5)/i6D. The van der Waals surface area contributed by atoms with Gasteiger partial charge < -0.3 is 0 Å². The highest BCUT2D eigenvalue weighted by Gasteiger charge is 1.70. The molecule has 0 bridgehead atoms. The van der Waals surface area contributed by atoms with Crippen LogP contribution in [0.15, 0.2) is 0 Å². The highest BCUT2D eigenvalue weighted by atomic mass is 32.2. The van der Waals surface area contributed by atoms with Crippen LogP contribution in [0.3, 0.4) is 0 Å². The molecule has 6 heavy (non-hydrogen) atoms. The lowest BCUT2D eigenvalue weighted by Gasteiger charge is -1.78. The zero-order valence-corrected chi connectivity index (χ0v) is 4.25. The second kappa shape index (κ2) is 3.11. The van der Waals surface area contributed by atoms with E-state index >= 15 is 0 Å². The maximum absolute atomic E-state index is 9.79. The maximum atomic E-state index is 9.79. The van der Waals surface area contributed by atoms with Crippen LogP contribution in [0, 0.1) is 0 Å². The second-order valence-electron chi connectivity index (χ2n) is 0.733. The Hall–Kier alpha value is -0.0900. The molecule has 0 atom stereocenters. The Bertz CT molecular complexity index is 129. The largest absolute Gasteiger partial charge is 0.218 e. The molecule has 1 N–H and O–H groups in total. The van der Waals surface area contributed by atoms with Gasteiger partial charge in [-0.15, -0.1) is 0 Å². The van der Waals surface area contributed by atoms with Crippen molar-refractivity contribution in [3.05, 3.63) is 0 Å². The highest BCUT2D eigenvalue weighted by Crippen LogP contribution is 1.47. The van der Waals surface area contributed by atoms with E-state index < -0.39 is 10.8 Å². The van der Waals surface area contributed by atoms with E-state index in [1.807, 2.05) is 4.72 Å². The van der Waals surface area contributed by atoms with Gasteiger partial charge in [0.1, 0.15) is 0 Å². The molecule has 0 aromatic carbocycles. The zero-order chi connectivity index (χ0) is 5.91. The third-order valence-corrected chi connectivity index (χ3v) is 0.787. The zero-order valence-electron chi connectivity index (χ0n) is 4.43. The third-order valence-electron chi connectivity index (χ3n) is 0.262. The first kappa shape index (κ1) is 4.08. The van der Waals surface area contributed by atoms with Gasteiger partial charge in [0.05, 0.1) is 0 Å². The van der Waals surface area contributed by atoms with E-state index in [1.54, 1.807) is 6.92 Å². The summed E-state index contributed by atoms with van der Waals surface area (Å²) in [6, 6.07) is 0. The lowest BCUT2D eigenvalue weighted by molar-refractivity contribution is 0.604. The molecule has 0 aromatic rings. The van der Waals surface area contributed by atoms with Gasteiger partial charge in [0, 0.05) is 6.54 Å². The van der Waals surface area contributed by atoms with E-state index in [0.717, 1.165) is 0 Å². The molecule has 0 spiro atoms. The first-order valence-corrected chi connectivity index (χ1v) is 2.67. The quantitative estimate of drug-likeness (QED) is 0.453. The summed E-state index contributed by atoms with van der Waals surface area (Å²) in [6.45, 7) is 1.90. The van der Waals surface area contributed by atoms with E-state index in [9.17, 15) is 8.42 Å². The molecule has 0 aliphatic rings. The van der Waals surface area contributed by atoms with Crippen molar-refractivity contribution in [2.75, 3.05) is 6.54 Å². The first-order chi connectivity index (χ1) is 3.06. The lowest BCUT2D eigenvalue weighted by Crippen LogP contribution is -2.08. The molecule has 0 radical (unpaired) electrons. The molecule has 0 unspecified atom stereocenters. The van der Waals surface area contributed by atoms with Gasteiger partial charge >= 0.3 is 0 Å². The summed E-state index contributed by atoms with van der Waals surface area (Å²) >= 11 is 0. The highest BCUT2D eigenvalue weighted by molar-refractivity contribution is 7.70. The van der Waals surface area contributed by atoms with Crippen molar-refractivity contribution in [1.29, 1.82) is 1.12 Å². The van der Waals surface area contributed by atoms with Crippen molar-refractivity contribution in [2.45, 2.75) is 6.92 Å². The molecule has 0 saturated heterocycles. The first-order valence-electron chi connectivity index (χ1n) is 2.01. The van der Waals surface area contributed by atoms with Gasteiger partial charge in [-0.3, -0.25) is 0 Å². The molecule has 0 amide bonds. The van der Waals surface area contributed by atoms with Gasteiger partial charge in [-0.25, -0.2) is 13.1 Å². The second-order valence-corrected chi connectivity index (χ2v) is 1.49. The Morgan fingerprint density at radius 1 is 2.00 bits per heavy atom. The van der Waals surface area contributed by atoms with Crippen LogP contribution < -0.4 is 4.72 Å². The predicted molar refractivity (Wildman–Crippen MR) is 24.0 cm³/mol. The van der Waals surface area contributed by atoms with Crippen LogP contribution in [0.1, 0.15) is 6.92 Å². The fraction of sp³-hybridized carbons (Fsp3) is 1.00. The van der Waals surface area contributed by atoms with Crippen molar-refractivity contribution in [1.82, 2.24) is 4.72 Å². The minimum atomic E-state index is -3.67. The van der Waals surface area contributed by atoms with E-state index in [1.165, 1.54) is 0 Å². The molecule has 0 aliphatic heterocycles. The topological polar surface area (TPSA) is 46.2 Å². The number of thiol groups is 1. The molecule has 0 aromatic heterocycles. The summed E-state index contributed by atoms with van der Waals surface area (Å²) in [5, 5.41) is 0. The summed E-state index contributed by atoms with van der Waals surface area (Å²) < 4.78 is 27.7. The minimum Gasteiger partial charge on any atom is -0.218 e. The van der Waals surface area contributed by atoms with E-state index in [0.29, 0.717) is 0 Å². The van der Waals surface area contributed by atoms with Gasteiger partial charge in [0.15, 0.2) is 1.12 Å². The van der Waals surface area contributed by atoms with Gasteiger partial charge in [-0.2, -0.15) is 0 Å². The van der Waals surface area contributed by atoms with Crippen molar-refractivity contribution < 1.29 is 8.42 Å². The Morgan fingerprint density at radius 2 is 2.50 bits per heavy atom. The molecule has 0 rings (SSSR count). The molecule has 4 heteroatoms. The molecule has 0 aliphatic carbocycles. The van der Waals surface area contributed by atoms with Crippen LogP contribution in [0.4, 0.5) is 0 Å². The monoisotopic (exact) mass is 110 g/mol. The fourth-order valence-electron chi connectivity index (χ4n) is 0.118. The molecule has 0 saturated carbocycles. The van der Waals surface area contributed by atoms with Crippen LogP contribution in [-0.2, 0) is 10.8 Å². The van der Waals surface area contributed by atoms with E-state index in [2.05, 4.69) is 0 Å². The summed E-state index contributed by atoms with van der Waals surface area (Å²) in [7, 11) is -3.67. The van der Waals surface area contributed by atoms with E-state index in [-0.39, 0.29) is 6.54 Å². The molecule has 3 nitrogen and oxygen atoms in total. The number of nitrogens with one attached hydrogen (secondary N) is 1. The van der Waals surface area contributed by atoms with Crippen molar-refractivity contribution in [3.63, 3.8) is 0 Å². The Labute approximate surface area is 39.5 Å². The molecular weight excluding hydrogens is 102 g/mol. The molecular formula is C2H7NO2S. The number of hydrogen-bond acceptors (Lipinski definition) is 2. The van der Waals surface area contributed by atoms with Gasteiger partial charge in [0.2, 0.25) is 10.8 Å². The summed E-state index contributed by atoms with van der Waals surface area (Å²) in [5.41, 5.74) is 0. The van der Waals surface area contributed by atoms with E-state index in [4.69, 9.17) is 1.12 Å². The Morgan fingerprint density at radius 3 is 2.50 bits per heavy atom. The summed E-state index contributed by atoms with van der Waals surface area (Å²) in [6.07, 6.45) is 0. The van der Waals surface area contributed by atoms with Crippen LogP contribution in [0.2, 0.25) is 0 Å². The Balaban J connectivity index is 3.60. The van der Waals surface area contributed by atoms with Crippen LogP contribution in [-0.4, -0.2) is 16.1 Å². The third kappa shape index (κ3) is 3.91. The fourth-order valence-corrected chi connectivity index (χ4v) is 0.354. The van der Waals surface area contributed by atoms with Crippen LogP contribution in [0.25, 0.3) is 0 Å². The number of rotatable bonds is 2. The minimum absolute atomic E-state index is 0.284. The summed E-state index contributed by atoms with van der Waals surface area (Å²) in [5.74, 6) is 0. The van der Waals surface area contributed by atoms with Crippen molar-refractivity contribution >= 4 is 10.8 Å². The average Bonchev–Trinajstić information content (AvgIpc) is 1.30. The normalized spacial score (nSPS) is 13.8. The lowest BCUT2D eigenvalue weighted by atomic mass is 10.8. The smallest absolute Gasteiger partial charge is 0.201 e. The maximum Gasteiger partial charge on any atom is 0.201 e. The van der Waals surface area contributed by atoms with Crippen LogP contribution >= 0.6 is 0 Å². The predicted octanol–water partition coefficient (Wildman–Crippen LogP) is -0.878. The van der Waals surface area contributed by atoms with Gasteiger partial charge in [-0.05, 0) is 0 Å². The van der Waals surface area contributed by atoms with Crippen molar-refractivity contribution in [2.24, 2.45) is 0 Å². The van der Waals surface area contributed by atoms with Gasteiger partial charge in [-0.1, -0.05) is 6.92 Å². The van der Waals surface area contributed by atoms with Crippen LogP contribution in [0.5, 0.6) is 0 Å². The molecule has 38 valence electrons. The number of hydrogen-bond donors (Lipinski definition) is 2. The van der Waals surface area contributed by atoms with Crippen molar-refractivity contribution in [3.8, 4) is 0 Å². The SMILES string of the molecule is [2H]S(=O)(=O)NCC. The molecule has 0 heterocycles.